The zero-order chi connectivity index (χ0) is 63.6. The van der Waals surface area contributed by atoms with Crippen molar-refractivity contribution in [3.63, 3.8) is 0 Å². The van der Waals surface area contributed by atoms with E-state index in [0.29, 0.717) is 32.5 Å². The minimum absolute atomic E-state index is 0.526. The lowest BCUT2D eigenvalue weighted by Gasteiger charge is -2.56. The molecule has 0 heterocycles. The molecule has 20 saturated carbocycles. The molecule has 0 radical (unpaired) electrons. The van der Waals surface area contributed by atoms with Crippen molar-refractivity contribution in [1.29, 1.82) is 0 Å². The van der Waals surface area contributed by atoms with Crippen molar-refractivity contribution in [2.24, 2.45) is 149 Å². The second-order valence-corrected chi connectivity index (χ2v) is 41.1. The zero-order valence-electron chi connectivity index (χ0n) is 63.6. The highest BCUT2D eigenvalue weighted by atomic mass is 14.6. The van der Waals surface area contributed by atoms with Crippen LogP contribution in [0.2, 0.25) is 0 Å². The fourth-order valence-corrected chi connectivity index (χ4v) is 25.1. The van der Waals surface area contributed by atoms with E-state index in [1.165, 1.54) is 161 Å². The van der Waals surface area contributed by atoms with Gasteiger partial charge in [0, 0.05) is 0 Å². The highest BCUT2D eigenvalue weighted by Crippen LogP contribution is 2.63. The summed E-state index contributed by atoms with van der Waals surface area (Å²) >= 11 is 0. The lowest BCUT2D eigenvalue weighted by atomic mass is 9.49. The minimum Gasteiger partial charge on any atom is -0.0651 e. The van der Waals surface area contributed by atoms with Crippen LogP contribution in [0.15, 0.2) is 0 Å². The highest BCUT2D eigenvalue weighted by molar-refractivity contribution is 5.03. The second-order valence-electron chi connectivity index (χ2n) is 41.1. The van der Waals surface area contributed by atoms with Gasteiger partial charge >= 0.3 is 0 Å². The van der Waals surface area contributed by atoms with Gasteiger partial charge in [0.25, 0.3) is 0 Å². The average molecular weight is 1210 g/mol. The molecular formula is C87H160. The Morgan fingerprint density at radius 3 is 1.08 bits per heavy atom. The molecule has 0 nitrogen and oxygen atoms in total. The summed E-state index contributed by atoms with van der Waals surface area (Å²) in [6.07, 6.45) is 60.7. The van der Waals surface area contributed by atoms with Crippen LogP contribution in [0.3, 0.4) is 0 Å². The Balaban J connectivity index is 0.000000129. The van der Waals surface area contributed by atoms with Crippen LogP contribution in [0.25, 0.3) is 0 Å². The highest BCUT2D eigenvalue weighted by Gasteiger charge is 2.53. The Bertz CT molecular complexity index is 1910. The van der Waals surface area contributed by atoms with Gasteiger partial charge in [-0.2, -0.15) is 0 Å². The van der Waals surface area contributed by atoms with Crippen molar-refractivity contribution in [3.05, 3.63) is 0 Å². The molecule has 0 aromatic heterocycles. The van der Waals surface area contributed by atoms with Gasteiger partial charge in [0.15, 0.2) is 0 Å². The van der Waals surface area contributed by atoms with E-state index in [-0.39, 0.29) is 0 Å². The van der Waals surface area contributed by atoms with Crippen molar-refractivity contribution in [2.45, 2.75) is 402 Å². The smallest absolute Gasteiger partial charge is 0.0292 e. The van der Waals surface area contributed by atoms with Crippen LogP contribution in [0.4, 0.5) is 0 Å². The summed E-state index contributed by atoms with van der Waals surface area (Å²) in [6.45, 7) is 51.1. The molecular weight excluding hydrogens is 1040 g/mol. The molecule has 0 N–H and O–H groups in total. The number of hydrogen-bond donors (Lipinski definition) is 0. The first-order chi connectivity index (χ1) is 40.7. The second kappa shape index (κ2) is 29.6. The molecule has 1 spiro atoms. The van der Waals surface area contributed by atoms with E-state index in [0.717, 1.165) is 117 Å². The molecule has 0 aromatic rings. The van der Waals surface area contributed by atoms with Crippen LogP contribution in [0.5, 0.6) is 0 Å². The van der Waals surface area contributed by atoms with Crippen LogP contribution in [0.1, 0.15) is 402 Å². The topological polar surface area (TPSA) is 0 Å². The third-order valence-corrected chi connectivity index (χ3v) is 34.0. The van der Waals surface area contributed by atoms with Gasteiger partial charge in [0.05, 0.1) is 0 Å². The lowest BCUT2D eigenvalue weighted by Crippen LogP contribution is -2.45. The van der Waals surface area contributed by atoms with Gasteiger partial charge in [-0.15, -0.1) is 0 Å². The first-order valence-corrected chi connectivity index (χ1v) is 40.7. The lowest BCUT2D eigenvalue weighted by molar-refractivity contribution is -0.0545. The van der Waals surface area contributed by atoms with Crippen molar-refractivity contribution in [2.75, 3.05) is 0 Å². The van der Waals surface area contributed by atoms with E-state index in [1.54, 1.807) is 96.3 Å². The van der Waals surface area contributed by atoms with Crippen LogP contribution in [0, 0.1) is 149 Å². The van der Waals surface area contributed by atoms with Crippen LogP contribution in [-0.2, 0) is 0 Å². The minimum atomic E-state index is 0.526. The van der Waals surface area contributed by atoms with Crippen LogP contribution in [-0.4, -0.2) is 0 Å². The molecule has 12 bridgehead atoms. The van der Waals surface area contributed by atoms with Gasteiger partial charge in [-0.3, -0.25) is 0 Å². The molecule has 0 aliphatic heterocycles. The maximum atomic E-state index is 2.49. The summed E-state index contributed by atoms with van der Waals surface area (Å²) in [4.78, 5) is 0. The van der Waals surface area contributed by atoms with Crippen LogP contribution >= 0.6 is 0 Å². The number of fused-ring (bicyclic) bond motifs is 12. The molecule has 20 aliphatic carbocycles. The first-order valence-electron chi connectivity index (χ1n) is 40.7. The Kier molecular flexibility index (Phi) is 24.7. The standard InChI is InChI=1S/C12H20.C12H22.C12H24.C11H20.C11H22.2C10H18.C9H16/c1-2-12-6-9-3-10(7-12)5-11(4-9)8-12;1-11-5-9-12(10-6-11)7-3-2-4-8-12;1-7-12(6)8-10(2,3)11(4,5)9-12;1-8-9-4-6-10(7-5-9)11(8,2)3;1-6-9-7-10(2,3)11(4,5)8-9;1-8-7-9-3-5-10(8,2)6-4-9;1-7-8(2)10-5-3-9(7)4-6-10;1-7-6-8-2-4-9(7)5-3-8/h9-11H,2-8H2,1H3;11H,2-10H2,1H3;7-9H2,1-6H3;8-10H,4-7H2,1-3H3;9H,6-8H2,1-5H3;8-9H,3-7H2,1-2H3;7-10H,3-6H2,1-2H3;7-9H,2-6H2,1H3/t;;;8-,9?,10?;;8-,9?,10?;7-,8?,9?,10?;7-,8?,9?/m...1.000/s1. The monoisotopic (exact) mass is 1210 g/mol. The molecule has 20 aliphatic rings. The quantitative estimate of drug-likeness (QED) is 0.264. The Morgan fingerprint density at radius 1 is 0.356 bits per heavy atom. The predicted molar refractivity (Wildman–Crippen MR) is 385 cm³/mol. The fraction of sp³-hybridized carbons (Fsp3) is 1.00. The van der Waals surface area contributed by atoms with Gasteiger partial charge < -0.3 is 0 Å². The molecule has 508 valence electrons. The van der Waals surface area contributed by atoms with Gasteiger partial charge in [0.2, 0.25) is 0 Å². The third kappa shape index (κ3) is 17.7. The van der Waals surface area contributed by atoms with Crippen LogP contribution < -0.4 is 0 Å². The summed E-state index contributed by atoms with van der Waals surface area (Å²) in [7, 11) is 0. The van der Waals surface area contributed by atoms with E-state index in [1.807, 2.05) is 0 Å². The zero-order valence-corrected chi connectivity index (χ0v) is 63.6. The molecule has 0 heteroatoms. The molecule has 20 fully saturated rings. The third-order valence-electron chi connectivity index (χ3n) is 34.0. The average Bonchev–Trinajstić information content (AvgIpc) is 1.69. The van der Waals surface area contributed by atoms with Gasteiger partial charge in [0.1, 0.15) is 0 Å². The van der Waals surface area contributed by atoms with Gasteiger partial charge in [-0.05, 0) is 342 Å². The summed E-state index contributed by atoms with van der Waals surface area (Å²) in [6, 6.07) is 0. The molecule has 0 saturated heterocycles. The molecule has 5 atom stereocenters. The van der Waals surface area contributed by atoms with Crippen molar-refractivity contribution in [3.8, 4) is 0 Å². The Morgan fingerprint density at radius 2 is 0.793 bits per heavy atom. The SMILES string of the molecule is CC1C2CCC(CC2)[C@H]1C.CC1CCC2(CCCCC2)CC1.CCC1(C)CC(C)(C)C(C)(C)C1.CCC12CC3CC(CC(C3)C1)C2.CCC1CC(C)(C)C(C)(C)C1.C[C@@H]1C2CCC(CC2)C1(C)C.C[C@H]1CC2CCC1(C)CC2.C[C@H]1CC2CCC1CC2. The van der Waals surface area contributed by atoms with Crippen molar-refractivity contribution in [1.82, 2.24) is 0 Å². The molecule has 1 unspecified atom stereocenters. The van der Waals surface area contributed by atoms with Crippen molar-refractivity contribution >= 4 is 0 Å². The largest absolute Gasteiger partial charge is 0.0651 e. The molecule has 87 heavy (non-hydrogen) atoms. The summed E-state index contributed by atoms with van der Waals surface area (Å²) in [5.41, 5.74) is 5.86. The Labute approximate surface area is 548 Å². The number of hydrogen-bond acceptors (Lipinski definition) is 0. The maximum absolute atomic E-state index is 2.49. The van der Waals surface area contributed by atoms with Crippen molar-refractivity contribution < 1.29 is 0 Å². The van der Waals surface area contributed by atoms with E-state index in [2.05, 4.69) is 145 Å². The van der Waals surface area contributed by atoms with Gasteiger partial charge in [-0.1, -0.05) is 210 Å². The Hall–Kier alpha value is 0. The molecule has 20 rings (SSSR count). The molecule has 0 aromatic carbocycles. The summed E-state index contributed by atoms with van der Waals surface area (Å²) < 4.78 is 0. The predicted octanol–water partition coefficient (Wildman–Crippen LogP) is 28.5. The van der Waals surface area contributed by atoms with E-state index in [4.69, 9.17) is 0 Å². The van der Waals surface area contributed by atoms with E-state index >= 15 is 0 Å². The summed E-state index contributed by atoms with van der Waals surface area (Å²) in [5.74, 6) is 18.3. The van der Waals surface area contributed by atoms with Gasteiger partial charge in [-0.25, -0.2) is 0 Å². The number of rotatable bonds is 3. The normalized spacial score (nSPS) is 43.3. The van der Waals surface area contributed by atoms with E-state index in [9.17, 15) is 0 Å². The maximum Gasteiger partial charge on any atom is -0.0292 e. The fourth-order valence-electron chi connectivity index (χ4n) is 25.1. The van der Waals surface area contributed by atoms with E-state index < -0.39 is 0 Å². The first kappa shape index (κ1) is 72.8. The molecule has 0 amide bonds. The summed E-state index contributed by atoms with van der Waals surface area (Å²) in [5, 5.41) is 0.